The van der Waals surface area contributed by atoms with Crippen molar-refractivity contribution >= 4 is 11.8 Å². The van der Waals surface area contributed by atoms with Gasteiger partial charge in [0.2, 0.25) is 5.89 Å². The van der Waals surface area contributed by atoms with E-state index in [2.05, 4.69) is 26.7 Å². The lowest BCUT2D eigenvalue weighted by Crippen LogP contribution is -2.02. The maximum absolute atomic E-state index is 5.58. The quantitative estimate of drug-likeness (QED) is 0.638. The zero-order valence-electron chi connectivity index (χ0n) is 13.0. The molecule has 5 nitrogen and oxygen atoms in total. The fraction of sp³-hybridized carbons (Fsp3) is 0.353. The van der Waals surface area contributed by atoms with Crippen LogP contribution >= 0.6 is 11.8 Å². The van der Waals surface area contributed by atoms with E-state index in [1.54, 1.807) is 18.0 Å². The average molecular weight is 326 g/mol. The molecule has 0 atom stereocenters. The first-order valence-electron chi connectivity index (χ1n) is 7.91. The molecule has 0 amide bonds. The average Bonchev–Trinajstić information content (AvgIpc) is 3.19. The normalized spacial score (nSPS) is 14.3. The molecule has 3 aromatic rings. The molecule has 0 radical (unpaired) electrons. The van der Waals surface area contributed by atoms with E-state index in [-0.39, 0.29) is 0 Å². The molecule has 0 aliphatic heterocycles. The van der Waals surface area contributed by atoms with Gasteiger partial charge in [-0.25, -0.2) is 4.98 Å². The second kappa shape index (κ2) is 6.20. The summed E-state index contributed by atoms with van der Waals surface area (Å²) in [5.74, 6) is 3.16. The zero-order chi connectivity index (χ0) is 15.6. The van der Waals surface area contributed by atoms with Gasteiger partial charge in [-0.15, -0.1) is 10.2 Å². The van der Waals surface area contributed by atoms with Crippen molar-refractivity contribution in [1.29, 1.82) is 0 Å². The Bertz CT molecular complexity index is 792. The molecule has 0 N–H and O–H groups in total. The molecule has 0 unspecified atom stereocenters. The van der Waals surface area contributed by atoms with Crippen molar-refractivity contribution in [2.24, 2.45) is 0 Å². The summed E-state index contributed by atoms with van der Waals surface area (Å²) in [6.07, 6.45) is 4.21. The highest BCUT2D eigenvalue weighted by molar-refractivity contribution is 7.98. The predicted molar refractivity (Wildman–Crippen MR) is 89.2 cm³/mol. The van der Waals surface area contributed by atoms with E-state index in [4.69, 9.17) is 4.42 Å². The largest absolute Gasteiger partial charge is 0.444 e. The van der Waals surface area contributed by atoms with E-state index in [1.165, 1.54) is 12.8 Å². The molecule has 1 aromatic carbocycles. The van der Waals surface area contributed by atoms with Crippen LogP contribution < -0.4 is 0 Å². The summed E-state index contributed by atoms with van der Waals surface area (Å²) in [6.45, 7) is 3.05. The number of nitrogens with zero attached hydrogens (tertiary/aromatic N) is 4. The number of hydrogen-bond acceptors (Lipinski definition) is 5. The molecule has 2 heterocycles. The molecular weight excluding hydrogens is 308 g/mol. The Morgan fingerprint density at radius 2 is 2.04 bits per heavy atom. The number of hydrogen-bond donors (Lipinski definition) is 0. The first-order chi connectivity index (χ1) is 11.3. The van der Waals surface area contributed by atoms with Crippen LogP contribution in [-0.2, 0) is 12.3 Å². The lowest BCUT2D eigenvalue weighted by atomic mass is 10.2. The topological polar surface area (TPSA) is 56.7 Å². The van der Waals surface area contributed by atoms with Crippen LogP contribution in [0, 0.1) is 0 Å². The van der Waals surface area contributed by atoms with Crippen LogP contribution in [0.3, 0.4) is 0 Å². The van der Waals surface area contributed by atoms with Crippen LogP contribution in [0.25, 0.3) is 11.5 Å². The van der Waals surface area contributed by atoms with Crippen molar-refractivity contribution in [2.75, 3.05) is 0 Å². The highest BCUT2D eigenvalue weighted by atomic mass is 32.2. The minimum absolute atomic E-state index is 0.619. The van der Waals surface area contributed by atoms with Crippen molar-refractivity contribution in [3.8, 4) is 11.5 Å². The Kier molecular flexibility index (Phi) is 3.91. The summed E-state index contributed by atoms with van der Waals surface area (Å²) in [5.41, 5.74) is 1.92. The van der Waals surface area contributed by atoms with Gasteiger partial charge in [0, 0.05) is 23.8 Å². The van der Waals surface area contributed by atoms with Gasteiger partial charge >= 0.3 is 0 Å². The molecule has 1 saturated carbocycles. The van der Waals surface area contributed by atoms with E-state index < -0.39 is 0 Å². The van der Waals surface area contributed by atoms with E-state index >= 15 is 0 Å². The zero-order valence-corrected chi connectivity index (χ0v) is 13.8. The van der Waals surface area contributed by atoms with Crippen LogP contribution in [0.4, 0.5) is 0 Å². The van der Waals surface area contributed by atoms with Crippen molar-refractivity contribution in [3.63, 3.8) is 0 Å². The Hall–Kier alpha value is -2.08. The van der Waals surface area contributed by atoms with Gasteiger partial charge in [-0.2, -0.15) is 0 Å². The Balaban J connectivity index is 1.46. The lowest BCUT2D eigenvalue weighted by Gasteiger charge is -2.05. The third-order valence-corrected chi connectivity index (χ3v) is 4.93. The molecule has 2 aromatic heterocycles. The Labute approximate surface area is 139 Å². The van der Waals surface area contributed by atoms with Crippen molar-refractivity contribution in [2.45, 2.75) is 43.1 Å². The number of aromatic nitrogens is 4. The maximum Gasteiger partial charge on any atom is 0.226 e. The molecule has 1 aliphatic rings. The van der Waals surface area contributed by atoms with Gasteiger partial charge in [0.05, 0.1) is 5.69 Å². The molecule has 1 fully saturated rings. The van der Waals surface area contributed by atoms with Gasteiger partial charge in [-0.3, -0.25) is 0 Å². The minimum Gasteiger partial charge on any atom is -0.444 e. The summed E-state index contributed by atoms with van der Waals surface area (Å²) in [7, 11) is 0. The van der Waals surface area contributed by atoms with Crippen LogP contribution in [0.15, 0.2) is 46.2 Å². The molecule has 6 heteroatoms. The molecule has 0 spiro atoms. The van der Waals surface area contributed by atoms with Crippen LogP contribution in [-0.4, -0.2) is 19.7 Å². The molecule has 0 saturated heterocycles. The minimum atomic E-state index is 0.619. The molecule has 1 aliphatic carbocycles. The van der Waals surface area contributed by atoms with Crippen molar-refractivity contribution in [1.82, 2.24) is 19.7 Å². The van der Waals surface area contributed by atoms with Gasteiger partial charge in [-0.05, 0) is 31.9 Å². The summed E-state index contributed by atoms with van der Waals surface area (Å²) in [6, 6.07) is 9.95. The predicted octanol–water partition coefficient (Wildman–Crippen LogP) is 4.12. The second-order valence-electron chi connectivity index (χ2n) is 5.66. The van der Waals surface area contributed by atoms with Crippen LogP contribution in [0.1, 0.15) is 37.2 Å². The summed E-state index contributed by atoms with van der Waals surface area (Å²) in [4.78, 5) is 4.56. The first kappa shape index (κ1) is 14.5. The van der Waals surface area contributed by atoms with Gasteiger partial charge < -0.3 is 8.98 Å². The summed E-state index contributed by atoms with van der Waals surface area (Å²) >= 11 is 1.67. The van der Waals surface area contributed by atoms with E-state index in [0.29, 0.717) is 11.8 Å². The van der Waals surface area contributed by atoms with Crippen molar-refractivity contribution in [3.05, 3.63) is 48.1 Å². The molecule has 118 valence electrons. The van der Waals surface area contributed by atoms with Gasteiger partial charge in [0.15, 0.2) is 5.16 Å². The third kappa shape index (κ3) is 3.03. The van der Waals surface area contributed by atoms with Gasteiger partial charge in [0.25, 0.3) is 0 Å². The Morgan fingerprint density at radius 1 is 1.22 bits per heavy atom. The summed E-state index contributed by atoms with van der Waals surface area (Å²) in [5, 5.41) is 9.68. The highest BCUT2D eigenvalue weighted by Gasteiger charge is 2.29. The maximum atomic E-state index is 5.58. The number of thioether (sulfide) groups is 1. The molecule has 23 heavy (non-hydrogen) atoms. The molecular formula is C17H18N4OS. The van der Waals surface area contributed by atoms with Gasteiger partial charge in [-0.1, -0.05) is 30.0 Å². The second-order valence-corrected chi connectivity index (χ2v) is 6.60. The first-order valence-corrected chi connectivity index (χ1v) is 8.89. The molecule has 4 rings (SSSR count). The number of benzene rings is 1. The standard InChI is InChI=1S/C17H18N4OS/c1-2-21-15(12-8-9-12)19-20-17(21)23-11-14-10-22-16(18-14)13-6-4-3-5-7-13/h3-7,10,12H,2,8-9,11H2,1H3. The lowest BCUT2D eigenvalue weighted by molar-refractivity contribution is 0.573. The van der Waals surface area contributed by atoms with Gasteiger partial charge in [0.1, 0.15) is 12.1 Å². The van der Waals surface area contributed by atoms with Crippen LogP contribution in [0.5, 0.6) is 0 Å². The monoisotopic (exact) mass is 326 g/mol. The van der Waals surface area contributed by atoms with E-state index in [1.807, 2.05) is 30.3 Å². The van der Waals surface area contributed by atoms with Crippen LogP contribution in [0.2, 0.25) is 0 Å². The smallest absolute Gasteiger partial charge is 0.226 e. The van der Waals surface area contributed by atoms with E-state index in [0.717, 1.165) is 34.5 Å². The highest BCUT2D eigenvalue weighted by Crippen LogP contribution is 2.40. The van der Waals surface area contributed by atoms with Crippen molar-refractivity contribution < 1.29 is 4.42 Å². The summed E-state index contributed by atoms with van der Waals surface area (Å²) < 4.78 is 7.80. The Morgan fingerprint density at radius 3 is 2.78 bits per heavy atom. The number of rotatable bonds is 6. The third-order valence-electron chi connectivity index (χ3n) is 3.93. The fourth-order valence-electron chi connectivity index (χ4n) is 2.57. The van der Waals surface area contributed by atoms with E-state index in [9.17, 15) is 0 Å². The molecule has 0 bridgehead atoms. The number of oxazole rings is 1. The fourth-order valence-corrected chi connectivity index (χ4v) is 3.46. The SMILES string of the molecule is CCn1c(SCc2coc(-c3ccccc3)n2)nnc1C1CC1.